The molecule has 2 heterocycles. The molecule has 0 saturated heterocycles. The Morgan fingerprint density at radius 1 is 1.22 bits per heavy atom. The maximum atomic E-state index is 13.4. The van der Waals surface area contributed by atoms with Gasteiger partial charge in [-0.2, -0.15) is 0 Å². The molecule has 1 N–H and O–H groups in total. The fourth-order valence-corrected chi connectivity index (χ4v) is 4.21. The number of carbonyl (C=O) groups is 3. The number of aromatic nitrogens is 1. The van der Waals surface area contributed by atoms with E-state index in [0.29, 0.717) is 17.0 Å². The van der Waals surface area contributed by atoms with Crippen LogP contribution in [0, 0.1) is 26.2 Å². The minimum atomic E-state index is -0.946. The summed E-state index contributed by atoms with van der Waals surface area (Å²) in [5, 5.41) is 3.52. The second kappa shape index (κ2) is 7.83. The summed E-state index contributed by atoms with van der Waals surface area (Å²) < 4.78 is 7.32. The van der Waals surface area contributed by atoms with Gasteiger partial charge < -0.3 is 14.3 Å². The summed E-state index contributed by atoms with van der Waals surface area (Å²) in [6.45, 7) is 6.84. The largest absolute Gasteiger partial charge is 0.464 e. The lowest BCUT2D eigenvalue weighted by Gasteiger charge is -2.19. The Bertz CT molecular complexity index is 1300. The number of rotatable bonds is 7. The van der Waals surface area contributed by atoms with Crippen LogP contribution in [-0.2, 0) is 11.2 Å². The van der Waals surface area contributed by atoms with Crippen molar-refractivity contribution < 1.29 is 18.8 Å². The normalized spacial score (nSPS) is 13.7. The summed E-state index contributed by atoms with van der Waals surface area (Å²) in [5.41, 5.74) is 2.67. The van der Waals surface area contributed by atoms with Gasteiger partial charge >= 0.3 is 0 Å². The number of Topliss-reactive ketones (excluding diaryl/α,β-unsaturated/α-hetero) is 2. The topological polar surface area (TPSA) is 81.3 Å². The predicted octanol–water partition coefficient (Wildman–Crippen LogP) is 4.32. The van der Waals surface area contributed by atoms with Gasteiger partial charge in [0.05, 0.1) is 23.1 Å². The summed E-state index contributed by atoms with van der Waals surface area (Å²) >= 11 is 0. The van der Waals surface area contributed by atoms with Gasteiger partial charge in [-0.15, -0.1) is 6.42 Å². The van der Waals surface area contributed by atoms with Crippen molar-refractivity contribution in [2.45, 2.75) is 58.5 Å². The van der Waals surface area contributed by atoms with E-state index in [0.717, 1.165) is 29.4 Å². The molecule has 0 radical (unpaired) electrons. The van der Waals surface area contributed by atoms with E-state index < -0.39 is 17.2 Å². The highest BCUT2D eigenvalue weighted by atomic mass is 16.3. The Balaban J connectivity index is 1.69. The van der Waals surface area contributed by atoms with Gasteiger partial charge in [-0.3, -0.25) is 14.4 Å². The van der Waals surface area contributed by atoms with E-state index in [1.165, 1.54) is 0 Å². The molecule has 2 aromatic heterocycles. The van der Waals surface area contributed by atoms with Gasteiger partial charge in [-0.25, -0.2) is 0 Å². The second-order valence-corrected chi connectivity index (χ2v) is 8.98. The molecule has 0 unspecified atom stereocenters. The molecule has 6 heteroatoms. The number of hydrogen-bond acceptors (Lipinski definition) is 4. The van der Waals surface area contributed by atoms with E-state index in [-0.39, 0.29) is 23.8 Å². The molecule has 1 saturated carbocycles. The van der Waals surface area contributed by atoms with Crippen LogP contribution in [0.25, 0.3) is 11.0 Å². The third kappa shape index (κ3) is 3.87. The van der Waals surface area contributed by atoms with Gasteiger partial charge in [-0.05, 0) is 69.9 Å². The first kappa shape index (κ1) is 21.6. The molecule has 32 heavy (non-hydrogen) atoms. The number of fused-ring (bicyclic) bond motifs is 1. The molecule has 0 aliphatic heterocycles. The number of furan rings is 1. The van der Waals surface area contributed by atoms with Crippen molar-refractivity contribution in [3.63, 3.8) is 0 Å². The summed E-state index contributed by atoms with van der Waals surface area (Å²) in [4.78, 5) is 39.1. The Kier molecular flexibility index (Phi) is 5.29. The SMILES string of the molecule is C#CC(C)(C)NC(=O)C(=O)c1c(C)c(C(=O)Cc2ccc3occc3c2)n(C2CC2)c1C. The predicted molar refractivity (Wildman–Crippen MR) is 122 cm³/mol. The van der Waals surface area contributed by atoms with Crippen molar-refractivity contribution in [1.29, 1.82) is 0 Å². The molecule has 0 bridgehead atoms. The van der Waals surface area contributed by atoms with Gasteiger partial charge in [0.2, 0.25) is 0 Å². The summed E-state index contributed by atoms with van der Waals surface area (Å²) in [6.07, 6.45) is 9.14. The quantitative estimate of drug-likeness (QED) is 0.344. The number of nitrogens with one attached hydrogen (secondary N) is 1. The van der Waals surface area contributed by atoms with E-state index >= 15 is 0 Å². The molecule has 0 atom stereocenters. The monoisotopic (exact) mass is 430 g/mol. The molecule has 0 spiro atoms. The smallest absolute Gasteiger partial charge is 0.293 e. The fraction of sp³-hybridized carbons (Fsp3) is 0.346. The number of terminal acetylenes is 1. The number of ketones is 2. The van der Waals surface area contributed by atoms with Crippen molar-refractivity contribution >= 4 is 28.4 Å². The number of carbonyl (C=O) groups excluding carboxylic acids is 3. The van der Waals surface area contributed by atoms with Crippen LogP contribution in [0.5, 0.6) is 0 Å². The van der Waals surface area contributed by atoms with Gasteiger partial charge in [0, 0.05) is 23.5 Å². The Morgan fingerprint density at radius 2 is 1.94 bits per heavy atom. The van der Waals surface area contributed by atoms with Crippen LogP contribution in [0.1, 0.15) is 70.4 Å². The molecule has 6 nitrogen and oxygen atoms in total. The molecule has 1 aliphatic carbocycles. The van der Waals surface area contributed by atoms with Crippen LogP contribution in [0.3, 0.4) is 0 Å². The molecular weight excluding hydrogens is 404 g/mol. The highest BCUT2D eigenvalue weighted by Gasteiger charge is 2.36. The lowest BCUT2D eigenvalue weighted by atomic mass is 9.99. The van der Waals surface area contributed by atoms with Crippen LogP contribution >= 0.6 is 0 Å². The van der Waals surface area contributed by atoms with E-state index in [2.05, 4.69) is 11.2 Å². The molecule has 1 fully saturated rings. The van der Waals surface area contributed by atoms with Crippen LogP contribution in [0.4, 0.5) is 0 Å². The van der Waals surface area contributed by atoms with Crippen LogP contribution in [0.15, 0.2) is 34.9 Å². The average molecular weight is 431 g/mol. The van der Waals surface area contributed by atoms with Gasteiger partial charge in [0.25, 0.3) is 11.7 Å². The van der Waals surface area contributed by atoms with Crippen molar-refractivity contribution in [3.8, 4) is 12.3 Å². The molecular formula is C26H26N2O4. The number of benzene rings is 1. The summed E-state index contributed by atoms with van der Waals surface area (Å²) in [5.74, 6) is 0.942. The zero-order valence-corrected chi connectivity index (χ0v) is 18.7. The Hall–Kier alpha value is -3.59. The minimum absolute atomic E-state index is 0.0799. The minimum Gasteiger partial charge on any atom is -0.464 e. The highest BCUT2D eigenvalue weighted by molar-refractivity contribution is 6.43. The second-order valence-electron chi connectivity index (χ2n) is 8.98. The van der Waals surface area contributed by atoms with Crippen molar-refractivity contribution in [2.24, 2.45) is 0 Å². The van der Waals surface area contributed by atoms with E-state index in [4.69, 9.17) is 10.8 Å². The number of amides is 1. The maximum absolute atomic E-state index is 13.4. The molecule has 1 aliphatic rings. The van der Waals surface area contributed by atoms with Crippen molar-refractivity contribution in [2.75, 3.05) is 0 Å². The fourth-order valence-electron chi connectivity index (χ4n) is 4.21. The van der Waals surface area contributed by atoms with E-state index in [1.54, 1.807) is 34.0 Å². The van der Waals surface area contributed by atoms with Crippen molar-refractivity contribution in [3.05, 3.63) is 58.6 Å². The standard InChI is InChI=1S/C26H26N2O4/c1-6-26(4,5)27-25(31)24(30)22-15(2)23(28(16(22)3)19-8-9-19)20(29)14-17-7-10-21-18(13-17)11-12-32-21/h1,7,10-13,19H,8-9,14H2,2-5H3,(H,27,31). The van der Waals surface area contributed by atoms with Crippen molar-refractivity contribution in [1.82, 2.24) is 9.88 Å². The molecule has 4 rings (SSSR count). The molecule has 3 aromatic rings. The van der Waals surface area contributed by atoms with Crippen LogP contribution < -0.4 is 5.32 Å². The number of nitrogens with zero attached hydrogens (tertiary/aromatic N) is 1. The summed E-state index contributed by atoms with van der Waals surface area (Å²) in [6, 6.07) is 7.69. The maximum Gasteiger partial charge on any atom is 0.293 e. The van der Waals surface area contributed by atoms with Crippen LogP contribution in [-0.4, -0.2) is 27.6 Å². The van der Waals surface area contributed by atoms with Gasteiger partial charge in [0.15, 0.2) is 5.78 Å². The van der Waals surface area contributed by atoms with Gasteiger partial charge in [-0.1, -0.05) is 12.0 Å². The third-order valence-corrected chi connectivity index (χ3v) is 5.97. The van der Waals surface area contributed by atoms with E-state index in [1.807, 2.05) is 28.8 Å². The zero-order chi connectivity index (χ0) is 23.2. The average Bonchev–Trinajstić information content (AvgIpc) is 3.40. The van der Waals surface area contributed by atoms with Gasteiger partial charge in [0.1, 0.15) is 5.58 Å². The highest BCUT2D eigenvalue weighted by Crippen LogP contribution is 2.40. The first-order valence-corrected chi connectivity index (χ1v) is 10.7. The lowest BCUT2D eigenvalue weighted by molar-refractivity contribution is -0.118. The summed E-state index contributed by atoms with van der Waals surface area (Å²) in [7, 11) is 0. The lowest BCUT2D eigenvalue weighted by Crippen LogP contribution is -2.45. The zero-order valence-electron chi connectivity index (χ0n) is 18.7. The van der Waals surface area contributed by atoms with E-state index in [9.17, 15) is 14.4 Å². The Morgan fingerprint density at radius 3 is 2.59 bits per heavy atom. The third-order valence-electron chi connectivity index (χ3n) is 5.97. The molecule has 1 aromatic carbocycles. The van der Waals surface area contributed by atoms with Crippen LogP contribution in [0.2, 0.25) is 0 Å². The first-order valence-electron chi connectivity index (χ1n) is 10.7. The molecule has 1 amide bonds. The first-order chi connectivity index (χ1) is 15.1. The number of hydrogen-bond donors (Lipinski definition) is 1. The Labute approximate surface area is 187 Å². The molecule has 164 valence electrons.